The lowest BCUT2D eigenvalue weighted by Crippen LogP contribution is -2.51. The summed E-state index contributed by atoms with van der Waals surface area (Å²) >= 11 is 1.76. The van der Waals surface area contributed by atoms with Gasteiger partial charge in [-0.2, -0.15) is 0 Å². The van der Waals surface area contributed by atoms with E-state index in [0.717, 1.165) is 37.7 Å². The van der Waals surface area contributed by atoms with Gasteiger partial charge in [-0.05, 0) is 25.1 Å². The number of amides is 2. The Balaban J connectivity index is 1.57. The first-order valence-electron chi connectivity index (χ1n) is 9.46. The van der Waals surface area contributed by atoms with E-state index in [9.17, 15) is 4.79 Å². The summed E-state index contributed by atoms with van der Waals surface area (Å²) in [7, 11) is -1.79. The van der Waals surface area contributed by atoms with Crippen LogP contribution in [0.4, 0.5) is 4.79 Å². The van der Waals surface area contributed by atoms with Crippen molar-refractivity contribution < 1.29 is 9.22 Å². The predicted octanol–water partition coefficient (Wildman–Crippen LogP) is 3.44. The minimum Gasteiger partial charge on any atom is -0.408 e. The molecule has 2 saturated heterocycles. The van der Waals surface area contributed by atoms with Gasteiger partial charge in [0, 0.05) is 43.8 Å². The zero-order chi connectivity index (χ0) is 19.1. The molecular weight excluding hydrogens is 364 g/mol. The first-order chi connectivity index (χ1) is 12.1. The van der Waals surface area contributed by atoms with E-state index in [1.54, 1.807) is 11.3 Å². The summed E-state index contributed by atoms with van der Waals surface area (Å²) in [6.45, 7) is 17.8. The van der Waals surface area contributed by atoms with Crippen molar-refractivity contribution >= 4 is 25.7 Å². The number of nitrogens with one attached hydrogen (secondary N) is 1. The maximum atomic E-state index is 11.7. The highest BCUT2D eigenvalue weighted by Gasteiger charge is 2.39. The molecule has 6 nitrogen and oxygen atoms in total. The largest absolute Gasteiger partial charge is 0.408 e. The molecule has 2 aliphatic heterocycles. The van der Waals surface area contributed by atoms with Gasteiger partial charge in [-0.3, -0.25) is 4.90 Å². The molecule has 0 spiro atoms. The normalized spacial score (nSPS) is 23.1. The van der Waals surface area contributed by atoms with Gasteiger partial charge < -0.3 is 14.6 Å². The van der Waals surface area contributed by atoms with Gasteiger partial charge in [0.15, 0.2) is 8.32 Å². The Morgan fingerprint density at radius 1 is 1.42 bits per heavy atom. The second-order valence-electron chi connectivity index (χ2n) is 8.95. The lowest BCUT2D eigenvalue weighted by Gasteiger charge is -2.38. The number of piperazine rings is 1. The number of aromatic nitrogens is 1. The van der Waals surface area contributed by atoms with Gasteiger partial charge >= 0.3 is 6.03 Å². The topological polar surface area (TPSA) is 57.7 Å². The van der Waals surface area contributed by atoms with E-state index in [2.05, 4.69) is 56.0 Å². The second-order valence-corrected chi connectivity index (χ2v) is 14.9. The highest BCUT2D eigenvalue weighted by Crippen LogP contribution is 2.40. The summed E-state index contributed by atoms with van der Waals surface area (Å²) in [4.78, 5) is 22.0. The summed E-state index contributed by atoms with van der Waals surface area (Å²) in [5.74, 6) is 0. The number of urea groups is 1. The quantitative estimate of drug-likeness (QED) is 0.775. The Kier molecular flexibility index (Phi) is 5.49. The smallest absolute Gasteiger partial charge is 0.317 e. The monoisotopic (exact) mass is 396 g/mol. The molecule has 1 N–H and O–H groups in total. The number of fused-ring (bicyclic) bond motifs is 1. The van der Waals surface area contributed by atoms with Crippen molar-refractivity contribution in [2.24, 2.45) is 0 Å². The van der Waals surface area contributed by atoms with Gasteiger partial charge in [-0.25, -0.2) is 9.78 Å². The third-order valence-electron chi connectivity index (χ3n) is 5.89. The molecule has 8 heteroatoms. The number of hydrogen-bond acceptors (Lipinski definition) is 5. The molecule has 2 fully saturated rings. The van der Waals surface area contributed by atoms with Crippen molar-refractivity contribution in [3.63, 3.8) is 0 Å². The van der Waals surface area contributed by atoms with Crippen LogP contribution >= 0.6 is 11.3 Å². The molecule has 1 aromatic heterocycles. The molecular formula is C18H32N4O2SSi. The van der Waals surface area contributed by atoms with Gasteiger partial charge in [0.1, 0.15) is 5.01 Å². The zero-order valence-electron chi connectivity index (χ0n) is 16.8. The first-order valence-corrected chi connectivity index (χ1v) is 13.2. The predicted molar refractivity (Wildman–Crippen MR) is 108 cm³/mol. The van der Waals surface area contributed by atoms with Crippen LogP contribution in [0.2, 0.25) is 18.1 Å². The summed E-state index contributed by atoms with van der Waals surface area (Å²) in [6, 6.07) is 0.399. The average molecular weight is 397 g/mol. The van der Waals surface area contributed by atoms with Gasteiger partial charge in [0.2, 0.25) is 0 Å². The Bertz CT molecular complexity index is 658. The number of hydrogen-bond donors (Lipinski definition) is 1. The first kappa shape index (κ1) is 19.8. The molecule has 3 heterocycles. The highest BCUT2D eigenvalue weighted by molar-refractivity contribution is 7.11. The summed E-state index contributed by atoms with van der Waals surface area (Å²) in [6.07, 6.45) is 2.04. The number of rotatable bonds is 5. The van der Waals surface area contributed by atoms with E-state index >= 15 is 0 Å². The highest BCUT2D eigenvalue weighted by atomic mass is 32.1. The number of nitrogens with zero attached hydrogens (tertiary/aromatic N) is 3. The van der Waals surface area contributed by atoms with Gasteiger partial charge in [-0.1, -0.05) is 20.8 Å². The molecule has 2 amide bonds. The zero-order valence-corrected chi connectivity index (χ0v) is 18.7. The van der Waals surface area contributed by atoms with Crippen molar-refractivity contribution in [3.05, 3.63) is 16.1 Å². The van der Waals surface area contributed by atoms with Gasteiger partial charge in [0.25, 0.3) is 0 Å². The van der Waals surface area contributed by atoms with E-state index < -0.39 is 8.32 Å². The molecule has 26 heavy (non-hydrogen) atoms. The van der Waals surface area contributed by atoms with E-state index in [4.69, 9.17) is 4.43 Å². The molecule has 0 aromatic carbocycles. The Morgan fingerprint density at radius 2 is 2.15 bits per heavy atom. The molecule has 3 rings (SSSR count). The number of carbonyl (C=O) groups is 1. The maximum Gasteiger partial charge on any atom is 0.317 e. The summed E-state index contributed by atoms with van der Waals surface area (Å²) in [5.41, 5.74) is 0. The number of carbonyl (C=O) groups excluding carboxylic acids is 1. The number of thiazole rings is 1. The minimum atomic E-state index is -1.79. The van der Waals surface area contributed by atoms with Crippen LogP contribution < -0.4 is 5.32 Å². The van der Waals surface area contributed by atoms with Crippen molar-refractivity contribution in [1.29, 1.82) is 0 Å². The van der Waals surface area contributed by atoms with Crippen LogP contribution in [0.25, 0.3) is 0 Å². The van der Waals surface area contributed by atoms with Gasteiger partial charge in [-0.15, -0.1) is 11.3 Å². The van der Waals surface area contributed by atoms with E-state index in [1.165, 1.54) is 4.88 Å². The molecule has 2 atom stereocenters. The summed E-state index contributed by atoms with van der Waals surface area (Å²) < 4.78 is 6.48. The summed E-state index contributed by atoms with van der Waals surface area (Å²) in [5, 5.41) is 4.21. The minimum absolute atomic E-state index is 0.0446. The van der Waals surface area contributed by atoms with E-state index in [-0.39, 0.29) is 17.2 Å². The third kappa shape index (κ3) is 4.13. The lowest BCUT2D eigenvalue weighted by molar-refractivity contribution is 0.117. The molecule has 2 unspecified atom stereocenters. The van der Waals surface area contributed by atoms with Crippen molar-refractivity contribution in [1.82, 2.24) is 20.1 Å². The van der Waals surface area contributed by atoms with Crippen molar-refractivity contribution in [3.8, 4) is 0 Å². The molecule has 0 aliphatic carbocycles. The Labute approximate surface area is 162 Å². The SMILES string of the molecule is CC(O[Si](C)(C)C(C)(C)C)c1ncc(CN2CCN3C(=O)NCC3C2)s1. The van der Waals surface area contributed by atoms with Crippen molar-refractivity contribution in [2.75, 3.05) is 26.2 Å². The van der Waals surface area contributed by atoms with E-state index in [0.29, 0.717) is 6.04 Å². The fourth-order valence-electron chi connectivity index (χ4n) is 3.29. The molecule has 0 radical (unpaired) electrons. The molecule has 0 bridgehead atoms. The van der Waals surface area contributed by atoms with Crippen LogP contribution in [-0.2, 0) is 11.0 Å². The third-order valence-corrected chi connectivity index (χ3v) is 11.6. The molecule has 1 aromatic rings. The van der Waals surface area contributed by atoms with Crippen LogP contribution in [0.15, 0.2) is 6.20 Å². The van der Waals surface area contributed by atoms with Crippen LogP contribution in [0, 0.1) is 0 Å². The molecule has 0 saturated carbocycles. The second kappa shape index (κ2) is 7.22. The molecule has 2 aliphatic rings. The lowest BCUT2D eigenvalue weighted by atomic mass is 10.2. The van der Waals surface area contributed by atoms with Crippen molar-refractivity contribution in [2.45, 2.75) is 64.5 Å². The average Bonchev–Trinajstić information content (AvgIpc) is 3.13. The fourth-order valence-corrected chi connectivity index (χ4v) is 5.66. The van der Waals surface area contributed by atoms with Crippen LogP contribution in [0.5, 0.6) is 0 Å². The van der Waals surface area contributed by atoms with Gasteiger partial charge in [0.05, 0.1) is 12.1 Å². The standard InChI is InChI=1S/C18H32N4O2SSi/c1-13(24-26(5,6)18(2,3)4)16-19-10-15(25-16)12-21-7-8-22-14(11-21)9-20-17(22)23/h10,13-14H,7-9,11-12H2,1-6H3,(H,20,23). The van der Waals surface area contributed by atoms with Crippen LogP contribution in [0.3, 0.4) is 0 Å². The van der Waals surface area contributed by atoms with Crippen LogP contribution in [0.1, 0.15) is 43.7 Å². The van der Waals surface area contributed by atoms with Crippen LogP contribution in [-0.4, -0.2) is 61.4 Å². The fraction of sp³-hybridized carbons (Fsp3) is 0.778. The maximum absolute atomic E-state index is 11.7. The Hall–Kier alpha value is -0.963. The molecule has 146 valence electrons. The Morgan fingerprint density at radius 3 is 2.85 bits per heavy atom. The van der Waals surface area contributed by atoms with E-state index in [1.807, 2.05) is 11.1 Å².